The van der Waals surface area contributed by atoms with Crippen LogP contribution in [0.3, 0.4) is 0 Å². The zero-order valence-corrected chi connectivity index (χ0v) is 21.5. The number of carboxylic acid groups (broad SMARTS) is 1. The predicted octanol–water partition coefficient (Wildman–Crippen LogP) is 5.80. The fourth-order valence-corrected chi connectivity index (χ4v) is 5.18. The van der Waals surface area contributed by atoms with Gasteiger partial charge in [-0.2, -0.15) is 5.26 Å². The van der Waals surface area contributed by atoms with Crippen LogP contribution in [0.1, 0.15) is 30.7 Å². The number of pyridine rings is 1. The van der Waals surface area contributed by atoms with Gasteiger partial charge in [-0.05, 0) is 43.7 Å². The molecule has 2 heterocycles. The van der Waals surface area contributed by atoms with E-state index in [0.717, 1.165) is 25.9 Å². The summed E-state index contributed by atoms with van der Waals surface area (Å²) in [6, 6.07) is 13.9. The largest absolute Gasteiger partial charge is 0.480 e. The first-order valence-electron chi connectivity index (χ1n) is 9.49. The molecule has 1 N–H and O–H groups in total. The standard InChI is InChI=1S/C22H21BrN4O2S2.ClH/c1-22(2,20(28)29)31-21-26-18(14-30-21)9-10-27(13-15-3-6-17(23)7-4-15)19-8-5-16(11-24)12-25-19;/h3-8,12,14H,9-10,13H2,1-2H3,(H,28,29);1H. The molecule has 0 amide bonds. The van der Waals surface area contributed by atoms with E-state index < -0.39 is 10.7 Å². The van der Waals surface area contributed by atoms with E-state index in [1.165, 1.54) is 23.1 Å². The van der Waals surface area contributed by atoms with Crippen molar-refractivity contribution in [1.82, 2.24) is 9.97 Å². The lowest BCUT2D eigenvalue weighted by Crippen LogP contribution is -2.27. The minimum atomic E-state index is -0.921. The summed E-state index contributed by atoms with van der Waals surface area (Å²) in [7, 11) is 0. The second-order valence-electron chi connectivity index (χ2n) is 7.34. The lowest BCUT2D eigenvalue weighted by molar-refractivity contribution is -0.138. The van der Waals surface area contributed by atoms with Gasteiger partial charge >= 0.3 is 5.97 Å². The van der Waals surface area contributed by atoms with Crippen LogP contribution in [-0.2, 0) is 17.8 Å². The lowest BCUT2D eigenvalue weighted by atomic mass is 10.2. The quantitative estimate of drug-likeness (QED) is 0.335. The van der Waals surface area contributed by atoms with Gasteiger partial charge in [0.05, 0.1) is 11.3 Å². The SMILES string of the molecule is CC(C)(Sc1nc(CCN(Cc2ccc(Br)cc2)c2ccc(C#N)cn2)cs1)C(=O)O.Cl. The number of halogens is 2. The summed E-state index contributed by atoms with van der Waals surface area (Å²) in [5.74, 6) is -0.0689. The molecule has 0 fully saturated rings. The molecule has 0 radical (unpaired) electrons. The molecule has 0 atom stereocenters. The highest BCUT2D eigenvalue weighted by atomic mass is 79.9. The molecule has 1 aromatic carbocycles. The first-order chi connectivity index (χ1) is 14.8. The fourth-order valence-electron chi connectivity index (χ4n) is 2.69. The van der Waals surface area contributed by atoms with Crippen LogP contribution in [0, 0.1) is 11.3 Å². The predicted molar refractivity (Wildman–Crippen MR) is 135 cm³/mol. The first kappa shape index (κ1) is 26.1. The van der Waals surface area contributed by atoms with Crippen LogP contribution >= 0.6 is 51.4 Å². The van der Waals surface area contributed by atoms with Crippen molar-refractivity contribution in [3.05, 3.63) is 69.3 Å². The first-order valence-corrected chi connectivity index (χ1v) is 12.0. The third-order valence-corrected chi connectivity index (χ3v) is 7.21. The number of carboxylic acids is 1. The van der Waals surface area contributed by atoms with Gasteiger partial charge in [0.25, 0.3) is 0 Å². The molecule has 10 heteroatoms. The second kappa shape index (κ2) is 11.7. The average molecular weight is 554 g/mol. The summed E-state index contributed by atoms with van der Waals surface area (Å²) in [5, 5.41) is 20.3. The number of rotatable bonds is 9. The Labute approximate surface area is 210 Å². The monoisotopic (exact) mass is 552 g/mol. The number of nitriles is 1. The van der Waals surface area contributed by atoms with Gasteiger partial charge in [0, 0.05) is 35.6 Å². The molecule has 2 aromatic heterocycles. The van der Waals surface area contributed by atoms with Crippen molar-refractivity contribution >= 4 is 63.2 Å². The number of hydrogen-bond donors (Lipinski definition) is 1. The van der Waals surface area contributed by atoms with Crippen LogP contribution in [0.4, 0.5) is 5.82 Å². The van der Waals surface area contributed by atoms with Crippen LogP contribution in [0.15, 0.2) is 56.8 Å². The van der Waals surface area contributed by atoms with Crippen LogP contribution in [0.5, 0.6) is 0 Å². The Hall–Kier alpha value is -2.12. The molecule has 3 aromatic rings. The summed E-state index contributed by atoms with van der Waals surface area (Å²) in [4.78, 5) is 22.6. The Morgan fingerprint density at radius 2 is 2.00 bits per heavy atom. The fraction of sp³-hybridized carbons (Fsp3) is 0.273. The van der Waals surface area contributed by atoms with Gasteiger partial charge in [0.1, 0.15) is 16.6 Å². The van der Waals surface area contributed by atoms with Crippen LogP contribution in [0.25, 0.3) is 0 Å². The molecule has 0 saturated carbocycles. The van der Waals surface area contributed by atoms with E-state index in [1.807, 2.05) is 23.6 Å². The second-order valence-corrected chi connectivity index (χ2v) is 11.0. The molecule has 0 aliphatic rings. The molecule has 0 aliphatic heterocycles. The number of aliphatic carboxylic acids is 1. The Kier molecular flexibility index (Phi) is 9.52. The third kappa shape index (κ3) is 7.20. The van der Waals surface area contributed by atoms with Gasteiger partial charge in [-0.3, -0.25) is 4.79 Å². The number of thioether (sulfide) groups is 1. The Morgan fingerprint density at radius 1 is 1.28 bits per heavy atom. The zero-order valence-electron chi connectivity index (χ0n) is 17.5. The summed E-state index contributed by atoms with van der Waals surface area (Å²) >= 11 is 6.19. The number of aromatic nitrogens is 2. The van der Waals surface area contributed by atoms with E-state index in [-0.39, 0.29) is 12.4 Å². The Balaban J connectivity index is 0.00000363. The Bertz CT molecular complexity index is 1080. The van der Waals surface area contributed by atoms with Crippen LogP contribution in [-0.4, -0.2) is 32.3 Å². The number of carbonyl (C=O) groups is 1. The number of anilines is 1. The molecule has 3 rings (SSSR count). The van der Waals surface area contributed by atoms with E-state index >= 15 is 0 Å². The van der Waals surface area contributed by atoms with Crippen molar-refractivity contribution in [2.75, 3.05) is 11.4 Å². The summed E-state index contributed by atoms with van der Waals surface area (Å²) < 4.78 is 0.851. The van der Waals surface area contributed by atoms with E-state index in [2.05, 4.69) is 49.0 Å². The summed E-state index contributed by atoms with van der Waals surface area (Å²) in [5.41, 5.74) is 2.59. The highest BCUT2D eigenvalue weighted by molar-refractivity contribution is 9.10. The van der Waals surface area contributed by atoms with Gasteiger partial charge in [-0.1, -0.05) is 39.8 Å². The molecule has 168 valence electrons. The molecule has 0 unspecified atom stereocenters. The van der Waals surface area contributed by atoms with Gasteiger partial charge in [0.2, 0.25) is 0 Å². The van der Waals surface area contributed by atoms with Gasteiger partial charge in [-0.25, -0.2) is 9.97 Å². The molecular weight excluding hydrogens is 532 g/mol. The lowest BCUT2D eigenvalue weighted by Gasteiger charge is -2.23. The summed E-state index contributed by atoms with van der Waals surface area (Å²) in [6.45, 7) is 4.71. The highest BCUT2D eigenvalue weighted by Gasteiger charge is 2.29. The number of nitrogens with zero attached hydrogens (tertiary/aromatic N) is 4. The van der Waals surface area contributed by atoms with Gasteiger partial charge < -0.3 is 10.0 Å². The highest BCUT2D eigenvalue weighted by Crippen LogP contribution is 2.34. The zero-order chi connectivity index (χ0) is 22.4. The van der Waals surface area contributed by atoms with Crippen molar-refractivity contribution in [3.8, 4) is 6.07 Å². The third-order valence-electron chi connectivity index (χ3n) is 4.51. The van der Waals surface area contributed by atoms with Gasteiger partial charge in [0.15, 0.2) is 4.34 Å². The van der Waals surface area contributed by atoms with Gasteiger partial charge in [-0.15, -0.1) is 23.7 Å². The minimum absolute atomic E-state index is 0. The van der Waals surface area contributed by atoms with E-state index in [0.29, 0.717) is 25.1 Å². The van der Waals surface area contributed by atoms with Crippen LogP contribution < -0.4 is 4.90 Å². The van der Waals surface area contributed by atoms with Crippen molar-refractivity contribution in [2.45, 2.75) is 35.9 Å². The number of thiazole rings is 1. The Morgan fingerprint density at radius 3 is 2.59 bits per heavy atom. The van der Waals surface area contributed by atoms with E-state index in [4.69, 9.17) is 5.26 Å². The molecule has 0 spiro atoms. The van der Waals surface area contributed by atoms with Crippen molar-refractivity contribution < 1.29 is 9.90 Å². The number of hydrogen-bond acceptors (Lipinski definition) is 7. The molecule has 32 heavy (non-hydrogen) atoms. The smallest absolute Gasteiger partial charge is 0.319 e. The maximum Gasteiger partial charge on any atom is 0.319 e. The summed E-state index contributed by atoms with van der Waals surface area (Å²) in [6.07, 6.45) is 2.28. The van der Waals surface area contributed by atoms with Crippen LogP contribution in [0.2, 0.25) is 0 Å². The van der Waals surface area contributed by atoms with Crippen molar-refractivity contribution in [2.24, 2.45) is 0 Å². The van der Waals surface area contributed by atoms with Crippen molar-refractivity contribution in [3.63, 3.8) is 0 Å². The molecule has 0 bridgehead atoms. The van der Waals surface area contributed by atoms with Crippen molar-refractivity contribution in [1.29, 1.82) is 5.26 Å². The minimum Gasteiger partial charge on any atom is -0.480 e. The van der Waals surface area contributed by atoms with E-state index in [1.54, 1.807) is 26.1 Å². The topological polar surface area (TPSA) is 90.1 Å². The normalized spacial score (nSPS) is 10.8. The molecule has 6 nitrogen and oxygen atoms in total. The molecular formula is C22H22BrClN4O2S2. The molecule has 0 aliphatic carbocycles. The number of benzene rings is 1. The molecule has 0 saturated heterocycles. The maximum absolute atomic E-state index is 11.4. The average Bonchev–Trinajstić information content (AvgIpc) is 3.19. The maximum atomic E-state index is 11.4. The van der Waals surface area contributed by atoms with E-state index in [9.17, 15) is 9.90 Å².